The molecule has 210 valence electrons. The van der Waals surface area contributed by atoms with Crippen molar-refractivity contribution in [1.82, 2.24) is 10.3 Å². The molecule has 1 aliphatic heterocycles. The number of alkyl halides is 5. The molecule has 0 spiro atoms. The molecule has 2 amide bonds. The van der Waals surface area contributed by atoms with Crippen molar-refractivity contribution in [3.05, 3.63) is 117 Å². The topological polar surface area (TPSA) is 71.1 Å². The number of pyridine rings is 1. The van der Waals surface area contributed by atoms with E-state index in [-0.39, 0.29) is 44.6 Å². The van der Waals surface area contributed by atoms with Gasteiger partial charge in [0.1, 0.15) is 17.3 Å². The Labute approximate surface area is 232 Å². The summed E-state index contributed by atoms with van der Waals surface area (Å²) < 4.78 is 94.5. The highest BCUT2D eigenvalue weighted by atomic mass is 35.5. The lowest BCUT2D eigenvalue weighted by molar-refractivity contribution is -0.137. The van der Waals surface area contributed by atoms with Crippen molar-refractivity contribution in [3.63, 3.8) is 0 Å². The molecular weight excluding hydrogens is 579 g/mol. The van der Waals surface area contributed by atoms with Gasteiger partial charge in [0.25, 0.3) is 18.2 Å². The first-order valence-electron chi connectivity index (χ1n) is 11.7. The molecule has 0 radical (unpaired) electrons. The second-order valence-corrected chi connectivity index (χ2v) is 9.42. The molecule has 5 nitrogen and oxygen atoms in total. The van der Waals surface area contributed by atoms with Crippen molar-refractivity contribution in [2.24, 2.45) is 0 Å². The maximum atomic E-state index is 14.1. The second kappa shape index (κ2) is 10.5. The lowest BCUT2D eigenvalue weighted by Gasteiger charge is -2.19. The number of anilines is 1. The molecule has 3 aromatic carbocycles. The van der Waals surface area contributed by atoms with E-state index < -0.39 is 58.9 Å². The largest absolute Gasteiger partial charge is 0.416 e. The number of aromatic nitrogens is 1. The van der Waals surface area contributed by atoms with Crippen molar-refractivity contribution >= 4 is 29.1 Å². The molecule has 0 saturated carbocycles. The maximum absolute atomic E-state index is 14.1. The molecule has 0 unspecified atom stereocenters. The smallest absolute Gasteiger partial charge is 0.341 e. The van der Waals surface area contributed by atoms with Crippen LogP contribution in [-0.2, 0) is 6.18 Å². The van der Waals surface area contributed by atoms with Crippen molar-refractivity contribution in [3.8, 4) is 11.1 Å². The molecule has 0 aliphatic carbocycles. The van der Waals surface area contributed by atoms with Crippen molar-refractivity contribution < 1.29 is 40.3 Å². The Morgan fingerprint density at radius 2 is 1.71 bits per heavy atom. The Morgan fingerprint density at radius 1 is 0.951 bits per heavy atom. The highest BCUT2D eigenvalue weighted by Crippen LogP contribution is 2.42. The summed E-state index contributed by atoms with van der Waals surface area (Å²) in [5, 5.41) is 5.08. The van der Waals surface area contributed by atoms with Crippen LogP contribution in [0.15, 0.2) is 66.9 Å². The fraction of sp³-hybridized carbons (Fsp3) is 0.107. The van der Waals surface area contributed by atoms with Gasteiger partial charge in [0.15, 0.2) is 0 Å². The molecule has 2 N–H and O–H groups in total. The molecule has 5 rings (SSSR count). The quantitative estimate of drug-likeness (QED) is 0.233. The van der Waals surface area contributed by atoms with Crippen molar-refractivity contribution in [1.29, 1.82) is 0 Å². The van der Waals surface area contributed by atoms with Crippen molar-refractivity contribution in [2.45, 2.75) is 18.6 Å². The van der Waals surface area contributed by atoms with Crippen LogP contribution in [0.1, 0.15) is 55.6 Å². The second-order valence-electron chi connectivity index (χ2n) is 9.01. The van der Waals surface area contributed by atoms with Gasteiger partial charge in [-0.25, -0.2) is 17.6 Å². The predicted octanol–water partition coefficient (Wildman–Crippen LogP) is 7.72. The van der Waals surface area contributed by atoms with Crippen LogP contribution >= 0.6 is 11.6 Å². The first kappa shape index (κ1) is 28.1. The summed E-state index contributed by atoms with van der Waals surface area (Å²) in [4.78, 5) is 29.8. The standard InChI is InChI=1S/C28H15ClF7N3O2/c29-20-2-1-16(30)11-18(20)24-23-19(27(41)39-24)7-13(12-3-4-37-22(8-12)25(32)33)9-21(23)38-26(40)14-5-15(28(34,35)36)10-17(31)6-14/h1-11,24-25H,(H,38,40)(H,39,41)/t24-/m1/s1. The number of amides is 2. The number of hydrogen-bond acceptors (Lipinski definition) is 3. The Morgan fingerprint density at radius 3 is 2.41 bits per heavy atom. The molecule has 2 heterocycles. The normalized spacial score (nSPS) is 14.7. The minimum absolute atomic E-state index is 0.0474. The monoisotopic (exact) mass is 593 g/mol. The van der Waals surface area contributed by atoms with Crippen LogP contribution in [0.5, 0.6) is 0 Å². The van der Waals surface area contributed by atoms with Gasteiger partial charge in [-0.15, -0.1) is 0 Å². The fourth-order valence-electron chi connectivity index (χ4n) is 4.50. The number of fused-ring (bicyclic) bond motifs is 1. The number of carbonyl (C=O) groups excluding carboxylic acids is 2. The first-order valence-corrected chi connectivity index (χ1v) is 12.1. The van der Waals surface area contributed by atoms with Gasteiger partial charge in [-0.3, -0.25) is 14.6 Å². The molecule has 1 aromatic heterocycles. The number of hydrogen-bond donors (Lipinski definition) is 2. The van der Waals surface area contributed by atoms with E-state index in [1.54, 1.807) is 0 Å². The van der Waals surface area contributed by atoms with E-state index >= 15 is 0 Å². The van der Waals surface area contributed by atoms with Crippen molar-refractivity contribution in [2.75, 3.05) is 5.32 Å². The summed E-state index contributed by atoms with van der Waals surface area (Å²) in [6.07, 6.45) is -6.75. The number of nitrogens with one attached hydrogen (secondary N) is 2. The van der Waals surface area contributed by atoms with Crippen LogP contribution in [0.3, 0.4) is 0 Å². The highest BCUT2D eigenvalue weighted by molar-refractivity contribution is 6.31. The molecular formula is C28H15ClF7N3O2. The molecule has 4 aromatic rings. The zero-order valence-corrected chi connectivity index (χ0v) is 21.0. The SMILES string of the molecule is O=C(Nc1cc(-c2ccnc(C(F)F)c2)cc2c1[C@@H](c1cc(F)ccc1Cl)NC2=O)c1cc(F)cc(C(F)(F)F)c1. The number of halogens is 8. The summed E-state index contributed by atoms with van der Waals surface area (Å²) in [6.45, 7) is 0. The number of rotatable bonds is 5. The molecule has 0 bridgehead atoms. The molecule has 41 heavy (non-hydrogen) atoms. The van der Waals surface area contributed by atoms with E-state index in [2.05, 4.69) is 15.6 Å². The number of nitrogens with zero attached hydrogens (tertiary/aromatic N) is 1. The Bertz CT molecular complexity index is 1710. The third-order valence-electron chi connectivity index (χ3n) is 6.33. The van der Waals surface area contributed by atoms with Gasteiger partial charge < -0.3 is 10.6 Å². The predicted molar refractivity (Wildman–Crippen MR) is 135 cm³/mol. The van der Waals surface area contributed by atoms with Gasteiger partial charge in [-0.1, -0.05) is 11.6 Å². The van der Waals surface area contributed by atoms with E-state index in [1.807, 2.05) is 0 Å². The molecule has 13 heteroatoms. The zero-order chi connectivity index (χ0) is 29.6. The molecule has 0 fully saturated rings. The van der Waals surface area contributed by atoms with Gasteiger partial charge in [0, 0.05) is 39.2 Å². The summed E-state index contributed by atoms with van der Waals surface area (Å²) in [7, 11) is 0. The Hall–Kier alpha value is -4.45. The average molecular weight is 594 g/mol. The van der Waals surface area contributed by atoms with E-state index in [4.69, 9.17) is 11.6 Å². The average Bonchev–Trinajstić information content (AvgIpc) is 3.25. The van der Waals surface area contributed by atoms with Gasteiger partial charge in [-0.05, 0) is 71.8 Å². The van der Waals surface area contributed by atoms with Gasteiger partial charge in [-0.2, -0.15) is 13.2 Å². The van der Waals surface area contributed by atoms with Crippen LogP contribution in [0.4, 0.5) is 36.4 Å². The van der Waals surface area contributed by atoms with Crippen LogP contribution in [0, 0.1) is 11.6 Å². The van der Waals surface area contributed by atoms with Gasteiger partial charge >= 0.3 is 6.18 Å². The zero-order valence-electron chi connectivity index (χ0n) is 20.3. The van der Waals surface area contributed by atoms with Crippen LogP contribution in [0.25, 0.3) is 11.1 Å². The van der Waals surface area contributed by atoms with E-state index in [9.17, 15) is 40.3 Å². The lowest BCUT2D eigenvalue weighted by atomic mass is 9.92. The minimum atomic E-state index is -4.95. The molecule has 1 aliphatic rings. The van der Waals surface area contributed by atoms with Gasteiger partial charge in [0.2, 0.25) is 0 Å². The number of benzene rings is 3. The number of carbonyl (C=O) groups is 2. The third-order valence-corrected chi connectivity index (χ3v) is 6.68. The van der Waals surface area contributed by atoms with Crippen LogP contribution in [0.2, 0.25) is 5.02 Å². The summed E-state index contributed by atoms with van der Waals surface area (Å²) in [6, 6.07) is 8.63. The minimum Gasteiger partial charge on any atom is -0.341 e. The van der Waals surface area contributed by atoms with E-state index in [1.165, 1.54) is 24.3 Å². The summed E-state index contributed by atoms with van der Waals surface area (Å²) in [5.41, 5.74) is -2.31. The highest BCUT2D eigenvalue weighted by Gasteiger charge is 2.36. The molecule has 0 saturated heterocycles. The summed E-state index contributed by atoms with van der Waals surface area (Å²) in [5.74, 6) is -3.86. The van der Waals surface area contributed by atoms with E-state index in [0.717, 1.165) is 24.4 Å². The van der Waals surface area contributed by atoms with Gasteiger partial charge in [0.05, 0.1) is 11.6 Å². The Balaban J connectivity index is 1.67. The first-order chi connectivity index (χ1) is 19.3. The maximum Gasteiger partial charge on any atom is 0.416 e. The van der Waals surface area contributed by atoms with E-state index in [0.29, 0.717) is 12.1 Å². The lowest BCUT2D eigenvalue weighted by Crippen LogP contribution is -2.21. The summed E-state index contributed by atoms with van der Waals surface area (Å²) >= 11 is 6.26. The van der Waals surface area contributed by atoms with Crippen LogP contribution in [-0.4, -0.2) is 16.8 Å². The Kier molecular flexibility index (Phi) is 7.20. The third kappa shape index (κ3) is 5.60. The van der Waals surface area contributed by atoms with Crippen LogP contribution < -0.4 is 10.6 Å². The molecule has 1 atom stereocenters. The fourth-order valence-corrected chi connectivity index (χ4v) is 4.73.